The second-order valence-electron chi connectivity index (χ2n) is 2.83. The Balaban J connectivity index is 2.50. The van der Waals surface area contributed by atoms with Gasteiger partial charge in [0.15, 0.2) is 0 Å². The number of hydrogen-bond acceptors (Lipinski definition) is 3. The summed E-state index contributed by atoms with van der Waals surface area (Å²) in [5.41, 5.74) is 10.8. The molecule has 82 valence electrons. The standard InChI is InChI=1S/C8H12N3O3P/c9-8(12)14-15(10,13)11-6-7-4-2-1-3-5-7/h1-5H,6H2,(H2,9,12)(H3,10,11,13). The first-order valence-electron chi connectivity index (χ1n) is 4.16. The van der Waals surface area contributed by atoms with Gasteiger partial charge >= 0.3 is 13.8 Å². The fourth-order valence-corrected chi connectivity index (χ4v) is 1.70. The van der Waals surface area contributed by atoms with Gasteiger partial charge < -0.3 is 10.3 Å². The maximum absolute atomic E-state index is 11.3. The average Bonchev–Trinajstić information content (AvgIpc) is 2.15. The van der Waals surface area contributed by atoms with Crippen LogP contribution in [0.1, 0.15) is 5.56 Å². The number of nitrogens with one attached hydrogen (secondary N) is 1. The van der Waals surface area contributed by atoms with E-state index in [0.717, 1.165) is 5.56 Å². The molecule has 0 aliphatic rings. The second-order valence-corrected chi connectivity index (χ2v) is 4.52. The van der Waals surface area contributed by atoms with Gasteiger partial charge in [-0.1, -0.05) is 30.3 Å². The minimum Gasteiger partial charge on any atom is -0.373 e. The van der Waals surface area contributed by atoms with E-state index < -0.39 is 13.8 Å². The van der Waals surface area contributed by atoms with Crippen LogP contribution < -0.4 is 16.3 Å². The van der Waals surface area contributed by atoms with Gasteiger partial charge in [0.25, 0.3) is 0 Å². The van der Waals surface area contributed by atoms with Crippen LogP contribution in [0.2, 0.25) is 0 Å². The quantitative estimate of drug-likeness (QED) is 0.666. The Morgan fingerprint density at radius 3 is 2.53 bits per heavy atom. The number of rotatable bonds is 4. The normalized spacial score (nSPS) is 14.2. The molecule has 0 heterocycles. The topological polar surface area (TPSA) is 107 Å². The lowest BCUT2D eigenvalue weighted by Crippen LogP contribution is -2.23. The van der Waals surface area contributed by atoms with Crippen molar-refractivity contribution in [2.24, 2.45) is 11.2 Å². The summed E-state index contributed by atoms with van der Waals surface area (Å²) in [7, 11) is -3.64. The van der Waals surface area contributed by atoms with Crippen LogP contribution in [-0.2, 0) is 15.6 Å². The molecule has 1 atom stereocenters. The zero-order chi connectivity index (χ0) is 11.3. The smallest absolute Gasteiger partial charge is 0.373 e. The van der Waals surface area contributed by atoms with Crippen molar-refractivity contribution in [1.29, 1.82) is 0 Å². The molecule has 0 fully saturated rings. The van der Waals surface area contributed by atoms with E-state index in [1.54, 1.807) is 0 Å². The van der Waals surface area contributed by atoms with Crippen LogP contribution in [0.25, 0.3) is 0 Å². The first kappa shape index (κ1) is 11.7. The van der Waals surface area contributed by atoms with Gasteiger partial charge in [0.2, 0.25) is 0 Å². The number of primary amides is 1. The molecule has 1 unspecified atom stereocenters. The van der Waals surface area contributed by atoms with E-state index in [2.05, 4.69) is 9.61 Å². The van der Waals surface area contributed by atoms with Gasteiger partial charge in [0.05, 0.1) is 0 Å². The van der Waals surface area contributed by atoms with Gasteiger partial charge in [0, 0.05) is 6.54 Å². The van der Waals surface area contributed by atoms with Gasteiger partial charge in [-0.05, 0) is 5.56 Å². The molecule has 1 amide bonds. The minimum absolute atomic E-state index is 0.238. The summed E-state index contributed by atoms with van der Waals surface area (Å²) in [6, 6.07) is 9.14. The molecule has 0 aromatic heterocycles. The molecule has 0 bridgehead atoms. The van der Waals surface area contributed by atoms with Crippen LogP contribution in [0.15, 0.2) is 30.3 Å². The number of hydrogen-bond donors (Lipinski definition) is 3. The molecule has 0 radical (unpaired) electrons. The molecule has 15 heavy (non-hydrogen) atoms. The lowest BCUT2D eigenvalue weighted by atomic mass is 10.2. The highest BCUT2D eigenvalue weighted by Crippen LogP contribution is 2.32. The van der Waals surface area contributed by atoms with Crippen molar-refractivity contribution in [1.82, 2.24) is 5.09 Å². The summed E-state index contributed by atoms with van der Waals surface area (Å²) < 4.78 is 15.6. The maximum atomic E-state index is 11.3. The molecule has 1 aromatic rings. The molecule has 1 aromatic carbocycles. The van der Waals surface area contributed by atoms with Crippen molar-refractivity contribution in [2.75, 3.05) is 0 Å². The van der Waals surface area contributed by atoms with Gasteiger partial charge in [-0.3, -0.25) is 0 Å². The van der Waals surface area contributed by atoms with Crippen LogP contribution in [0.3, 0.4) is 0 Å². The van der Waals surface area contributed by atoms with Crippen molar-refractivity contribution in [3.63, 3.8) is 0 Å². The Hall–Kier alpha value is -1.36. The van der Waals surface area contributed by atoms with Gasteiger partial charge in [-0.25, -0.2) is 20.0 Å². The molecule has 6 nitrogen and oxygen atoms in total. The summed E-state index contributed by atoms with van der Waals surface area (Å²) in [6.45, 7) is 0.238. The number of amides is 1. The van der Waals surface area contributed by atoms with Gasteiger partial charge in [-0.2, -0.15) is 0 Å². The van der Waals surface area contributed by atoms with Crippen LogP contribution in [0.5, 0.6) is 0 Å². The number of benzene rings is 1. The van der Waals surface area contributed by atoms with Crippen LogP contribution in [0, 0.1) is 0 Å². The molecule has 0 spiro atoms. The van der Waals surface area contributed by atoms with Crippen LogP contribution >= 0.6 is 7.67 Å². The van der Waals surface area contributed by atoms with E-state index >= 15 is 0 Å². The fourth-order valence-electron chi connectivity index (χ4n) is 0.963. The number of nitrogens with two attached hydrogens (primary N) is 2. The Morgan fingerprint density at radius 2 is 2.00 bits per heavy atom. The monoisotopic (exact) mass is 229 g/mol. The predicted octanol–water partition coefficient (Wildman–Crippen LogP) is 0.938. The van der Waals surface area contributed by atoms with Crippen LogP contribution in [0.4, 0.5) is 4.79 Å². The van der Waals surface area contributed by atoms with Crippen molar-refractivity contribution in [2.45, 2.75) is 6.54 Å². The molecule has 0 aliphatic carbocycles. The summed E-state index contributed by atoms with van der Waals surface area (Å²) in [5.74, 6) is 0. The third-order valence-electron chi connectivity index (χ3n) is 1.57. The Labute approximate surface area is 87.2 Å². The summed E-state index contributed by atoms with van der Waals surface area (Å²) in [6.07, 6.45) is -1.17. The molecule has 0 saturated heterocycles. The zero-order valence-electron chi connectivity index (χ0n) is 7.92. The number of carbonyl (C=O) groups excluding carboxylic acids is 1. The highest BCUT2D eigenvalue weighted by atomic mass is 31.2. The Morgan fingerprint density at radius 1 is 1.40 bits per heavy atom. The van der Waals surface area contributed by atoms with E-state index in [9.17, 15) is 9.36 Å². The Bertz CT molecular complexity index is 382. The molecule has 0 saturated carbocycles. The predicted molar refractivity (Wildman–Crippen MR) is 55.7 cm³/mol. The average molecular weight is 229 g/mol. The third kappa shape index (κ3) is 4.60. The maximum Gasteiger partial charge on any atom is 0.411 e. The highest BCUT2D eigenvalue weighted by molar-refractivity contribution is 7.54. The first-order chi connectivity index (χ1) is 6.99. The molecular formula is C8H12N3O3P. The largest absolute Gasteiger partial charge is 0.411 e. The third-order valence-corrected chi connectivity index (χ3v) is 2.62. The molecule has 5 N–H and O–H groups in total. The Kier molecular flexibility index (Phi) is 3.85. The lowest BCUT2D eigenvalue weighted by Gasteiger charge is -2.12. The lowest BCUT2D eigenvalue weighted by molar-refractivity contribution is 0.210. The van der Waals surface area contributed by atoms with Crippen molar-refractivity contribution >= 4 is 13.8 Å². The van der Waals surface area contributed by atoms with E-state index in [4.69, 9.17) is 11.2 Å². The first-order valence-corrected chi connectivity index (χ1v) is 5.86. The molecule has 1 rings (SSSR count). The van der Waals surface area contributed by atoms with E-state index in [0.29, 0.717) is 0 Å². The molecular weight excluding hydrogens is 217 g/mol. The summed E-state index contributed by atoms with van der Waals surface area (Å²) in [5, 5.41) is 2.42. The minimum atomic E-state index is -3.64. The van der Waals surface area contributed by atoms with E-state index in [1.165, 1.54) is 0 Å². The van der Waals surface area contributed by atoms with Crippen molar-refractivity contribution < 1.29 is 13.9 Å². The second kappa shape index (κ2) is 4.93. The summed E-state index contributed by atoms with van der Waals surface area (Å²) in [4.78, 5) is 10.3. The zero-order valence-corrected chi connectivity index (χ0v) is 8.81. The van der Waals surface area contributed by atoms with Crippen LogP contribution in [-0.4, -0.2) is 6.09 Å². The van der Waals surface area contributed by atoms with E-state index in [1.807, 2.05) is 30.3 Å². The van der Waals surface area contributed by atoms with Gasteiger partial charge in [0.1, 0.15) is 0 Å². The SMILES string of the molecule is NC(=O)OP(N)(=O)NCc1ccccc1. The van der Waals surface area contributed by atoms with E-state index in [-0.39, 0.29) is 6.54 Å². The fraction of sp³-hybridized carbons (Fsp3) is 0.125. The van der Waals surface area contributed by atoms with Crippen molar-refractivity contribution in [3.8, 4) is 0 Å². The summed E-state index contributed by atoms with van der Waals surface area (Å²) >= 11 is 0. The van der Waals surface area contributed by atoms with Gasteiger partial charge in [-0.15, -0.1) is 0 Å². The van der Waals surface area contributed by atoms with Crippen molar-refractivity contribution in [3.05, 3.63) is 35.9 Å². The highest BCUT2D eigenvalue weighted by Gasteiger charge is 2.19. The molecule has 0 aliphatic heterocycles. The number of carbonyl (C=O) groups is 1. The molecule has 7 heteroatoms.